The maximum atomic E-state index is 12.5. The Morgan fingerprint density at radius 1 is 1.38 bits per heavy atom. The third-order valence-electron chi connectivity index (χ3n) is 6.13. The minimum absolute atomic E-state index is 0.192. The molecular weight excluding hydrogens is 316 g/mol. The Balaban J connectivity index is 1.53. The molecule has 134 valence electrons. The van der Waals surface area contributed by atoms with Crippen molar-refractivity contribution in [1.29, 1.82) is 0 Å². The number of carbonyl (C=O) groups is 1. The van der Waals surface area contributed by atoms with E-state index < -0.39 is 0 Å². The summed E-state index contributed by atoms with van der Waals surface area (Å²) in [7, 11) is 0. The van der Waals surface area contributed by atoms with Crippen molar-refractivity contribution in [2.45, 2.75) is 63.7 Å². The van der Waals surface area contributed by atoms with E-state index in [0.29, 0.717) is 18.3 Å². The number of nitrogens with one attached hydrogen (secondary N) is 2. The van der Waals surface area contributed by atoms with E-state index in [4.69, 9.17) is 0 Å². The summed E-state index contributed by atoms with van der Waals surface area (Å²) in [6.07, 6.45) is 9.54. The molecule has 1 saturated carbocycles. The SMILES string of the molecule is CC(CC(=O)NCC1(c2cccs2)CCCCC1)C1CCCNC1. The predicted molar refractivity (Wildman–Crippen MR) is 101 cm³/mol. The second-order valence-electron chi connectivity index (χ2n) is 7.88. The Labute approximate surface area is 150 Å². The van der Waals surface area contributed by atoms with Crippen molar-refractivity contribution in [2.24, 2.45) is 11.8 Å². The first-order valence-electron chi connectivity index (χ1n) is 9.71. The number of hydrogen-bond donors (Lipinski definition) is 2. The molecule has 2 unspecified atom stereocenters. The molecule has 2 fully saturated rings. The van der Waals surface area contributed by atoms with Crippen LogP contribution in [0.2, 0.25) is 0 Å². The standard InChI is InChI=1S/C20H32N2OS/c1-16(17-7-5-11-21-14-17)13-19(23)22-15-20(9-3-2-4-10-20)18-8-6-12-24-18/h6,8,12,16-17,21H,2-5,7,9-11,13-15H2,1H3,(H,22,23). The highest BCUT2D eigenvalue weighted by Crippen LogP contribution is 2.41. The van der Waals surface area contributed by atoms with Gasteiger partial charge in [-0.05, 0) is 62.1 Å². The van der Waals surface area contributed by atoms with Crippen molar-refractivity contribution >= 4 is 17.2 Å². The summed E-state index contributed by atoms with van der Waals surface area (Å²) in [5.74, 6) is 1.38. The van der Waals surface area contributed by atoms with Gasteiger partial charge in [0.05, 0.1) is 0 Å². The molecule has 1 saturated heterocycles. The molecule has 2 N–H and O–H groups in total. The van der Waals surface area contributed by atoms with Crippen LogP contribution in [0.5, 0.6) is 0 Å². The summed E-state index contributed by atoms with van der Waals surface area (Å²) in [5.41, 5.74) is 0.192. The highest BCUT2D eigenvalue weighted by molar-refractivity contribution is 7.10. The van der Waals surface area contributed by atoms with E-state index in [-0.39, 0.29) is 11.3 Å². The van der Waals surface area contributed by atoms with Crippen LogP contribution in [0, 0.1) is 11.8 Å². The van der Waals surface area contributed by atoms with E-state index >= 15 is 0 Å². The first kappa shape index (κ1) is 17.9. The van der Waals surface area contributed by atoms with Gasteiger partial charge in [-0.2, -0.15) is 0 Å². The van der Waals surface area contributed by atoms with Crippen LogP contribution in [0.4, 0.5) is 0 Å². The lowest BCUT2D eigenvalue weighted by atomic mass is 9.73. The van der Waals surface area contributed by atoms with Crippen molar-refractivity contribution in [1.82, 2.24) is 10.6 Å². The van der Waals surface area contributed by atoms with Crippen molar-refractivity contribution in [2.75, 3.05) is 19.6 Å². The fourth-order valence-corrected chi connectivity index (χ4v) is 5.47. The summed E-state index contributed by atoms with van der Waals surface area (Å²) in [5, 5.41) is 8.94. The van der Waals surface area contributed by atoms with Crippen molar-refractivity contribution in [3.63, 3.8) is 0 Å². The van der Waals surface area contributed by atoms with Crippen LogP contribution in [-0.2, 0) is 10.2 Å². The second kappa shape index (κ2) is 8.48. The minimum atomic E-state index is 0.192. The lowest BCUT2D eigenvalue weighted by Gasteiger charge is -2.37. The smallest absolute Gasteiger partial charge is 0.220 e. The molecule has 2 atom stereocenters. The third-order valence-corrected chi connectivity index (χ3v) is 7.24. The van der Waals surface area contributed by atoms with Crippen LogP contribution in [0.3, 0.4) is 0 Å². The average molecular weight is 349 g/mol. The van der Waals surface area contributed by atoms with E-state index in [0.717, 1.165) is 19.6 Å². The Morgan fingerprint density at radius 2 is 2.21 bits per heavy atom. The van der Waals surface area contributed by atoms with Gasteiger partial charge >= 0.3 is 0 Å². The van der Waals surface area contributed by atoms with E-state index in [1.165, 1.54) is 49.8 Å². The molecule has 1 aromatic heterocycles. The Kier molecular flexibility index (Phi) is 6.34. The Hall–Kier alpha value is -0.870. The average Bonchev–Trinajstić information content (AvgIpc) is 3.17. The summed E-state index contributed by atoms with van der Waals surface area (Å²) < 4.78 is 0. The number of piperidine rings is 1. The van der Waals surface area contributed by atoms with Crippen molar-refractivity contribution in [3.05, 3.63) is 22.4 Å². The Morgan fingerprint density at radius 3 is 2.88 bits per heavy atom. The number of carbonyl (C=O) groups excluding carboxylic acids is 1. The van der Waals surface area contributed by atoms with Gasteiger partial charge in [0.1, 0.15) is 0 Å². The molecule has 1 aliphatic heterocycles. The maximum Gasteiger partial charge on any atom is 0.220 e. The molecular formula is C20H32N2OS. The van der Waals surface area contributed by atoms with Gasteiger partial charge in [-0.25, -0.2) is 0 Å². The van der Waals surface area contributed by atoms with Gasteiger partial charge in [0.25, 0.3) is 0 Å². The predicted octanol–water partition coefficient (Wildman–Crippen LogP) is 4.09. The lowest BCUT2D eigenvalue weighted by Crippen LogP contribution is -2.42. The van der Waals surface area contributed by atoms with Gasteiger partial charge in [0, 0.05) is 23.3 Å². The number of amides is 1. The zero-order valence-corrected chi connectivity index (χ0v) is 15.8. The summed E-state index contributed by atoms with van der Waals surface area (Å²) in [6, 6.07) is 4.41. The van der Waals surface area contributed by atoms with E-state index in [1.807, 2.05) is 11.3 Å². The molecule has 3 rings (SSSR count). The lowest BCUT2D eigenvalue weighted by molar-refractivity contribution is -0.122. The molecule has 2 aliphatic rings. The second-order valence-corrected chi connectivity index (χ2v) is 8.83. The first-order chi connectivity index (χ1) is 11.7. The fraction of sp³-hybridized carbons (Fsp3) is 0.750. The van der Waals surface area contributed by atoms with Crippen LogP contribution < -0.4 is 10.6 Å². The highest BCUT2D eigenvalue weighted by Gasteiger charge is 2.35. The minimum Gasteiger partial charge on any atom is -0.355 e. The van der Waals surface area contributed by atoms with E-state index in [2.05, 4.69) is 35.1 Å². The van der Waals surface area contributed by atoms with E-state index in [1.54, 1.807) is 0 Å². The molecule has 3 nitrogen and oxygen atoms in total. The summed E-state index contributed by atoms with van der Waals surface area (Å²) in [4.78, 5) is 14.0. The first-order valence-corrected chi connectivity index (χ1v) is 10.6. The van der Waals surface area contributed by atoms with Gasteiger partial charge < -0.3 is 10.6 Å². The number of rotatable bonds is 6. The molecule has 0 spiro atoms. The summed E-state index contributed by atoms with van der Waals surface area (Å²) >= 11 is 1.86. The van der Waals surface area contributed by atoms with Crippen LogP contribution in [0.1, 0.15) is 63.2 Å². The fourth-order valence-electron chi connectivity index (χ4n) is 4.48. The molecule has 0 aromatic carbocycles. The molecule has 1 aliphatic carbocycles. The zero-order chi connectivity index (χ0) is 16.8. The van der Waals surface area contributed by atoms with Gasteiger partial charge in [-0.1, -0.05) is 32.3 Å². The van der Waals surface area contributed by atoms with Crippen molar-refractivity contribution < 1.29 is 4.79 Å². The molecule has 4 heteroatoms. The van der Waals surface area contributed by atoms with Gasteiger partial charge in [0.15, 0.2) is 0 Å². The van der Waals surface area contributed by atoms with Crippen LogP contribution in [0.15, 0.2) is 17.5 Å². The van der Waals surface area contributed by atoms with E-state index in [9.17, 15) is 4.79 Å². The zero-order valence-electron chi connectivity index (χ0n) is 15.0. The molecule has 1 amide bonds. The third kappa shape index (κ3) is 4.40. The van der Waals surface area contributed by atoms with Crippen LogP contribution in [-0.4, -0.2) is 25.5 Å². The van der Waals surface area contributed by atoms with Gasteiger partial charge in [-0.15, -0.1) is 11.3 Å². The molecule has 0 radical (unpaired) electrons. The largest absolute Gasteiger partial charge is 0.355 e. The Bertz CT molecular complexity index is 502. The highest BCUT2D eigenvalue weighted by atomic mass is 32.1. The van der Waals surface area contributed by atoms with Crippen LogP contribution in [0.25, 0.3) is 0 Å². The van der Waals surface area contributed by atoms with Gasteiger partial charge in [0.2, 0.25) is 5.91 Å². The number of thiophene rings is 1. The normalized spacial score (nSPS) is 25.1. The molecule has 2 heterocycles. The van der Waals surface area contributed by atoms with Crippen molar-refractivity contribution in [3.8, 4) is 0 Å². The maximum absolute atomic E-state index is 12.5. The molecule has 1 aromatic rings. The monoisotopic (exact) mass is 348 g/mol. The summed E-state index contributed by atoms with van der Waals surface area (Å²) in [6.45, 7) is 5.28. The number of hydrogen-bond acceptors (Lipinski definition) is 3. The van der Waals surface area contributed by atoms with Crippen LogP contribution >= 0.6 is 11.3 Å². The van der Waals surface area contributed by atoms with Gasteiger partial charge in [-0.3, -0.25) is 4.79 Å². The molecule has 24 heavy (non-hydrogen) atoms. The topological polar surface area (TPSA) is 41.1 Å². The quantitative estimate of drug-likeness (QED) is 0.813. The molecule has 0 bridgehead atoms.